The lowest BCUT2D eigenvalue weighted by Gasteiger charge is -2.14. The average molecular weight is 455 g/mol. The lowest BCUT2D eigenvalue weighted by molar-refractivity contribution is -0.138. The third kappa shape index (κ3) is 6.02. The summed E-state index contributed by atoms with van der Waals surface area (Å²) in [5.41, 5.74) is 2.58. The van der Waals surface area contributed by atoms with Crippen LogP contribution in [-0.4, -0.2) is 47.2 Å². The van der Waals surface area contributed by atoms with E-state index in [0.717, 1.165) is 11.5 Å². The molecule has 0 aliphatic carbocycles. The van der Waals surface area contributed by atoms with Crippen LogP contribution >= 0.6 is 47.0 Å². The van der Waals surface area contributed by atoms with E-state index in [0.29, 0.717) is 32.9 Å². The van der Waals surface area contributed by atoms with E-state index in [-0.39, 0.29) is 11.9 Å². The molecule has 0 N–H and O–H groups in total. The van der Waals surface area contributed by atoms with Gasteiger partial charge in [-0.3, -0.25) is 0 Å². The molecular formula is C20H22O4S4. The second-order valence-electron chi connectivity index (χ2n) is 6.18. The second kappa shape index (κ2) is 10.7. The molecule has 2 aliphatic rings. The highest BCUT2D eigenvalue weighted by Gasteiger charge is 2.30. The predicted octanol–water partition coefficient (Wildman–Crippen LogP) is 4.84. The van der Waals surface area contributed by atoms with E-state index in [9.17, 15) is 9.59 Å². The van der Waals surface area contributed by atoms with Crippen LogP contribution in [0.5, 0.6) is 0 Å². The largest absolute Gasteiger partial charge is 0.461 e. The first-order chi connectivity index (χ1) is 13.6. The number of ether oxygens (including phenoxy) is 2. The molecule has 0 aromatic heterocycles. The van der Waals surface area contributed by atoms with E-state index >= 15 is 0 Å². The van der Waals surface area contributed by atoms with Crippen LogP contribution in [0.1, 0.15) is 20.3 Å². The van der Waals surface area contributed by atoms with Crippen molar-refractivity contribution in [2.45, 2.75) is 19.7 Å². The Kier molecular flexibility index (Phi) is 8.32. The molecule has 0 spiro atoms. The molecule has 150 valence electrons. The van der Waals surface area contributed by atoms with Crippen LogP contribution in [0.2, 0.25) is 0 Å². The van der Waals surface area contributed by atoms with Crippen molar-refractivity contribution < 1.29 is 19.1 Å². The normalized spacial score (nSPS) is 26.6. The summed E-state index contributed by atoms with van der Waals surface area (Å²) in [5, 5.41) is 0.636. The van der Waals surface area contributed by atoms with Crippen molar-refractivity contribution in [3.8, 4) is 0 Å². The minimum Gasteiger partial charge on any atom is -0.461 e. The molecule has 1 aromatic rings. The van der Waals surface area contributed by atoms with E-state index in [4.69, 9.17) is 9.47 Å². The van der Waals surface area contributed by atoms with Crippen LogP contribution in [0.15, 0.2) is 49.6 Å². The molecule has 3 rings (SSSR count). The highest BCUT2D eigenvalue weighted by molar-refractivity contribution is 8.20. The fourth-order valence-corrected chi connectivity index (χ4v) is 9.13. The molecule has 0 bridgehead atoms. The van der Waals surface area contributed by atoms with E-state index < -0.39 is 0 Å². The molecule has 4 atom stereocenters. The summed E-state index contributed by atoms with van der Waals surface area (Å²) in [6, 6.07) is 8.79. The number of esters is 2. The van der Waals surface area contributed by atoms with Crippen LogP contribution in [0, 0.1) is 0 Å². The Morgan fingerprint density at radius 2 is 1.25 bits per heavy atom. The van der Waals surface area contributed by atoms with Gasteiger partial charge >= 0.3 is 11.9 Å². The predicted molar refractivity (Wildman–Crippen MR) is 122 cm³/mol. The first-order valence-electron chi connectivity index (χ1n) is 8.81. The summed E-state index contributed by atoms with van der Waals surface area (Å²) in [7, 11) is 0. The van der Waals surface area contributed by atoms with Crippen molar-refractivity contribution in [1.29, 1.82) is 0 Å². The minimum absolute atomic E-state index is 0.318. The van der Waals surface area contributed by atoms with Crippen molar-refractivity contribution in [2.75, 3.05) is 24.7 Å². The van der Waals surface area contributed by atoms with Crippen molar-refractivity contribution in [1.82, 2.24) is 0 Å². The number of carbonyl (C=O) groups excluding carboxylic acids is 2. The van der Waals surface area contributed by atoms with Gasteiger partial charge in [0.2, 0.25) is 0 Å². The van der Waals surface area contributed by atoms with Crippen molar-refractivity contribution in [3.63, 3.8) is 0 Å². The molecule has 2 aliphatic heterocycles. The minimum atomic E-state index is -0.359. The molecule has 28 heavy (non-hydrogen) atoms. The zero-order chi connectivity index (χ0) is 19.9. The maximum absolute atomic E-state index is 11.2. The van der Waals surface area contributed by atoms with E-state index in [1.807, 2.05) is 47.0 Å². The second-order valence-corrected chi connectivity index (χ2v) is 11.9. The van der Waals surface area contributed by atoms with E-state index in [2.05, 4.69) is 37.4 Å². The zero-order valence-electron chi connectivity index (χ0n) is 15.3. The lowest BCUT2D eigenvalue weighted by atomic mass is 10.2. The highest BCUT2D eigenvalue weighted by atomic mass is 32.2. The van der Waals surface area contributed by atoms with Gasteiger partial charge in [-0.25, -0.2) is 9.59 Å². The summed E-state index contributed by atoms with van der Waals surface area (Å²) in [6.45, 7) is 7.71. The van der Waals surface area contributed by atoms with Gasteiger partial charge in [-0.15, -0.1) is 47.0 Å². The number of benzene rings is 1. The van der Waals surface area contributed by atoms with Crippen molar-refractivity contribution >= 4 is 59.0 Å². The lowest BCUT2D eigenvalue weighted by Crippen LogP contribution is -2.14. The van der Waals surface area contributed by atoms with Gasteiger partial charge in [0.25, 0.3) is 0 Å². The molecule has 4 nitrogen and oxygen atoms in total. The Labute approximate surface area is 182 Å². The summed E-state index contributed by atoms with van der Waals surface area (Å²) in [4.78, 5) is 22.4. The maximum atomic E-state index is 11.2. The number of carbonyl (C=O) groups is 2. The number of thioether (sulfide) groups is 4. The van der Waals surface area contributed by atoms with Gasteiger partial charge in [-0.1, -0.05) is 37.4 Å². The maximum Gasteiger partial charge on any atom is 0.330 e. The van der Waals surface area contributed by atoms with E-state index in [1.54, 1.807) is 0 Å². The molecular weight excluding hydrogens is 432 g/mol. The van der Waals surface area contributed by atoms with Gasteiger partial charge < -0.3 is 9.47 Å². The molecule has 2 heterocycles. The van der Waals surface area contributed by atoms with Gasteiger partial charge in [0, 0.05) is 34.2 Å². The quantitative estimate of drug-likeness (QED) is 0.409. The smallest absolute Gasteiger partial charge is 0.330 e. The van der Waals surface area contributed by atoms with Crippen LogP contribution in [0.3, 0.4) is 0 Å². The molecule has 0 saturated carbocycles. The Morgan fingerprint density at radius 1 is 0.857 bits per heavy atom. The molecule has 0 radical (unpaired) electrons. The zero-order valence-corrected chi connectivity index (χ0v) is 18.5. The molecule has 2 saturated heterocycles. The number of hydrogen-bond donors (Lipinski definition) is 0. The van der Waals surface area contributed by atoms with Gasteiger partial charge in [0.15, 0.2) is 0 Å². The van der Waals surface area contributed by atoms with Gasteiger partial charge in [-0.05, 0) is 11.1 Å². The first-order valence-corrected chi connectivity index (χ1v) is 12.8. The summed E-state index contributed by atoms with van der Waals surface area (Å²) < 4.78 is 11.1. The summed E-state index contributed by atoms with van der Waals surface area (Å²) in [5.74, 6) is 1.23. The summed E-state index contributed by atoms with van der Waals surface area (Å²) in [6.07, 6.45) is 2.41. The van der Waals surface area contributed by atoms with Gasteiger partial charge in [0.05, 0.1) is 9.16 Å². The molecule has 2 fully saturated rings. The number of rotatable bonds is 8. The van der Waals surface area contributed by atoms with Crippen LogP contribution in [0.25, 0.3) is 0 Å². The fraction of sp³-hybridized carbons (Fsp3) is 0.400. The van der Waals surface area contributed by atoms with Gasteiger partial charge in [0.1, 0.15) is 13.2 Å². The Hall–Kier alpha value is -0.960. The van der Waals surface area contributed by atoms with E-state index in [1.165, 1.54) is 23.3 Å². The monoisotopic (exact) mass is 454 g/mol. The molecule has 0 amide bonds. The average Bonchev–Trinajstić information content (AvgIpc) is 3.40. The van der Waals surface area contributed by atoms with Crippen molar-refractivity contribution in [2.24, 2.45) is 0 Å². The molecule has 1 aromatic carbocycles. The first kappa shape index (κ1) is 21.7. The Bertz CT molecular complexity index is 660. The third-order valence-corrected chi connectivity index (χ3v) is 10.8. The van der Waals surface area contributed by atoms with Gasteiger partial charge in [-0.2, -0.15) is 0 Å². The number of hydrogen-bond acceptors (Lipinski definition) is 8. The van der Waals surface area contributed by atoms with Crippen LogP contribution in [0.4, 0.5) is 0 Å². The highest BCUT2D eigenvalue weighted by Crippen LogP contribution is 2.51. The van der Waals surface area contributed by atoms with Crippen LogP contribution in [-0.2, 0) is 19.1 Å². The summed E-state index contributed by atoms with van der Waals surface area (Å²) >= 11 is 7.48. The standard InChI is InChI=1S/C20H22O4S4/c1-3-17(21)23-9-15-11-25-19(27-15)13-5-7-14(8-6-13)20-26-12-16(28-20)10-24-18(22)4-2/h3-8,15-16,19-20H,1-2,9-12H2. The SMILES string of the molecule is C=CC(=O)OCC1CSC(c2ccc(C3SCC(COC(=O)C=C)S3)cc2)S1. The Morgan fingerprint density at radius 3 is 1.61 bits per heavy atom. The topological polar surface area (TPSA) is 52.6 Å². The van der Waals surface area contributed by atoms with Crippen molar-refractivity contribution in [3.05, 3.63) is 60.7 Å². The Balaban J connectivity index is 1.48. The van der Waals surface area contributed by atoms with Crippen LogP contribution < -0.4 is 0 Å². The molecule has 8 heteroatoms. The fourth-order valence-electron chi connectivity index (χ4n) is 2.70. The third-order valence-electron chi connectivity index (χ3n) is 4.14. The molecule has 4 unspecified atom stereocenters.